The number of benzene rings is 4. The maximum absolute atomic E-state index is 12.7. The molecular weight excluding hydrogens is 362 g/mol. The van der Waals surface area contributed by atoms with E-state index in [2.05, 4.69) is 0 Å². The number of anilines is 1. The smallest absolute Gasteiger partial charge is 0.193 e. The second kappa shape index (κ2) is 8.31. The Morgan fingerprint density at radius 3 is 1.59 bits per heavy atom. The Kier molecular flexibility index (Phi) is 5.25. The number of hydrogen-bond donors (Lipinski definition) is 1. The van der Waals surface area contributed by atoms with Crippen LogP contribution >= 0.6 is 0 Å². The van der Waals surface area contributed by atoms with E-state index >= 15 is 0 Å². The van der Waals surface area contributed by atoms with Gasteiger partial charge < -0.3 is 15.2 Å². The summed E-state index contributed by atoms with van der Waals surface area (Å²) in [5.41, 5.74) is 7.57. The molecule has 0 amide bonds. The average molecular weight is 381 g/mol. The van der Waals surface area contributed by atoms with Crippen LogP contribution in [0.5, 0.6) is 23.0 Å². The van der Waals surface area contributed by atoms with Crippen molar-refractivity contribution >= 4 is 11.5 Å². The number of nitrogen functional groups attached to an aromatic ring is 1. The SMILES string of the molecule is Nc1cccc(Oc2ccc(C(=O)c3ccc(Oc4ccccc4)cc3)cc2)c1. The lowest BCUT2D eigenvalue weighted by atomic mass is 10.0. The van der Waals surface area contributed by atoms with Crippen LogP contribution in [-0.2, 0) is 0 Å². The molecule has 0 fully saturated rings. The molecule has 4 rings (SSSR count). The summed E-state index contributed by atoms with van der Waals surface area (Å²) in [7, 11) is 0. The first-order chi connectivity index (χ1) is 14.2. The van der Waals surface area contributed by atoms with Crippen LogP contribution < -0.4 is 15.2 Å². The van der Waals surface area contributed by atoms with E-state index in [1.165, 1.54) is 0 Å². The second-order valence-electron chi connectivity index (χ2n) is 6.47. The zero-order valence-corrected chi connectivity index (χ0v) is 15.6. The topological polar surface area (TPSA) is 61.5 Å². The van der Waals surface area contributed by atoms with E-state index < -0.39 is 0 Å². The molecule has 0 unspecified atom stereocenters. The van der Waals surface area contributed by atoms with E-state index in [9.17, 15) is 4.79 Å². The Hall–Kier alpha value is -4.05. The van der Waals surface area contributed by atoms with Crippen LogP contribution in [0.1, 0.15) is 15.9 Å². The lowest BCUT2D eigenvalue weighted by molar-refractivity contribution is 0.103. The third-order valence-electron chi connectivity index (χ3n) is 4.31. The highest BCUT2D eigenvalue weighted by Crippen LogP contribution is 2.25. The molecule has 4 aromatic carbocycles. The molecule has 142 valence electrons. The molecular formula is C25H19NO3. The van der Waals surface area contributed by atoms with Crippen LogP contribution in [0.25, 0.3) is 0 Å². The van der Waals surface area contributed by atoms with Gasteiger partial charge in [-0.25, -0.2) is 0 Å². The highest BCUT2D eigenvalue weighted by Gasteiger charge is 2.10. The van der Waals surface area contributed by atoms with Gasteiger partial charge in [0.2, 0.25) is 0 Å². The maximum atomic E-state index is 12.7. The van der Waals surface area contributed by atoms with Crippen LogP contribution in [0.15, 0.2) is 103 Å². The Balaban J connectivity index is 1.43. The summed E-state index contributed by atoms with van der Waals surface area (Å²) in [6, 6.07) is 30.8. The molecule has 4 heteroatoms. The Labute approximate surface area is 169 Å². The first-order valence-electron chi connectivity index (χ1n) is 9.18. The summed E-state index contributed by atoms with van der Waals surface area (Å²) in [5, 5.41) is 0. The largest absolute Gasteiger partial charge is 0.457 e. The van der Waals surface area contributed by atoms with E-state index in [4.69, 9.17) is 15.2 Å². The van der Waals surface area contributed by atoms with Gasteiger partial charge in [0.15, 0.2) is 5.78 Å². The minimum Gasteiger partial charge on any atom is -0.457 e. The monoisotopic (exact) mass is 381 g/mol. The number of ether oxygens (including phenoxy) is 2. The van der Waals surface area contributed by atoms with Gasteiger partial charge in [-0.2, -0.15) is 0 Å². The molecule has 0 aliphatic heterocycles. The zero-order chi connectivity index (χ0) is 20.1. The summed E-state index contributed by atoms with van der Waals surface area (Å²) in [4.78, 5) is 12.7. The van der Waals surface area contributed by atoms with Gasteiger partial charge in [0, 0.05) is 22.9 Å². The first-order valence-corrected chi connectivity index (χ1v) is 9.18. The lowest BCUT2D eigenvalue weighted by Gasteiger charge is -2.08. The number of hydrogen-bond acceptors (Lipinski definition) is 4. The lowest BCUT2D eigenvalue weighted by Crippen LogP contribution is -2.01. The molecule has 0 heterocycles. The van der Waals surface area contributed by atoms with Crippen molar-refractivity contribution in [3.8, 4) is 23.0 Å². The zero-order valence-electron chi connectivity index (χ0n) is 15.6. The van der Waals surface area contributed by atoms with Crippen LogP contribution in [-0.4, -0.2) is 5.78 Å². The summed E-state index contributed by atoms with van der Waals surface area (Å²) in [6.45, 7) is 0. The van der Waals surface area contributed by atoms with Crippen molar-refractivity contribution < 1.29 is 14.3 Å². The molecule has 4 aromatic rings. The fourth-order valence-electron chi connectivity index (χ4n) is 2.85. The molecule has 0 aliphatic carbocycles. The minimum absolute atomic E-state index is 0.0632. The predicted molar refractivity (Wildman–Crippen MR) is 114 cm³/mol. The number of para-hydroxylation sites is 1. The quantitative estimate of drug-likeness (QED) is 0.324. The molecule has 0 saturated carbocycles. The maximum Gasteiger partial charge on any atom is 0.193 e. The molecule has 0 spiro atoms. The van der Waals surface area contributed by atoms with Gasteiger partial charge >= 0.3 is 0 Å². The molecule has 0 saturated heterocycles. The van der Waals surface area contributed by atoms with Gasteiger partial charge in [-0.3, -0.25) is 4.79 Å². The Bertz CT molecular complexity index is 1100. The van der Waals surface area contributed by atoms with Crippen molar-refractivity contribution in [3.63, 3.8) is 0 Å². The van der Waals surface area contributed by atoms with Gasteiger partial charge in [-0.1, -0.05) is 24.3 Å². The highest BCUT2D eigenvalue weighted by atomic mass is 16.5. The Morgan fingerprint density at radius 1 is 0.552 bits per heavy atom. The molecule has 0 atom stereocenters. The molecule has 0 aromatic heterocycles. The average Bonchev–Trinajstić information content (AvgIpc) is 2.75. The normalized spacial score (nSPS) is 10.3. The molecule has 2 N–H and O–H groups in total. The van der Waals surface area contributed by atoms with Gasteiger partial charge in [-0.05, 0) is 72.8 Å². The first kappa shape index (κ1) is 18.3. The number of nitrogens with two attached hydrogens (primary N) is 1. The summed E-state index contributed by atoms with van der Waals surface area (Å²) >= 11 is 0. The molecule has 0 bridgehead atoms. The fraction of sp³-hybridized carbons (Fsp3) is 0. The van der Waals surface area contributed by atoms with Crippen molar-refractivity contribution in [2.24, 2.45) is 0 Å². The summed E-state index contributed by atoms with van der Waals surface area (Å²) in [6.07, 6.45) is 0. The van der Waals surface area contributed by atoms with Crippen LogP contribution in [0, 0.1) is 0 Å². The van der Waals surface area contributed by atoms with E-state index in [-0.39, 0.29) is 5.78 Å². The minimum atomic E-state index is -0.0632. The number of ketones is 1. The van der Waals surface area contributed by atoms with Gasteiger partial charge in [0.25, 0.3) is 0 Å². The fourth-order valence-corrected chi connectivity index (χ4v) is 2.85. The molecule has 4 nitrogen and oxygen atoms in total. The Morgan fingerprint density at radius 2 is 1.03 bits per heavy atom. The van der Waals surface area contributed by atoms with Crippen LogP contribution in [0.4, 0.5) is 5.69 Å². The number of carbonyl (C=O) groups excluding carboxylic acids is 1. The van der Waals surface area contributed by atoms with E-state index in [1.807, 2.05) is 42.5 Å². The molecule has 29 heavy (non-hydrogen) atoms. The van der Waals surface area contributed by atoms with Gasteiger partial charge in [0.05, 0.1) is 0 Å². The van der Waals surface area contributed by atoms with Crippen LogP contribution in [0.3, 0.4) is 0 Å². The summed E-state index contributed by atoms with van der Waals surface area (Å²) < 4.78 is 11.5. The van der Waals surface area contributed by atoms with E-state index in [0.29, 0.717) is 34.1 Å². The van der Waals surface area contributed by atoms with E-state index in [0.717, 1.165) is 5.75 Å². The second-order valence-corrected chi connectivity index (χ2v) is 6.47. The molecule has 0 aliphatic rings. The summed E-state index contributed by atoms with van der Waals surface area (Å²) in [5.74, 6) is 2.66. The standard InChI is InChI=1S/C25H19NO3/c26-20-5-4-8-24(17-20)29-23-15-11-19(12-16-23)25(27)18-9-13-22(14-10-18)28-21-6-2-1-3-7-21/h1-17H,26H2. The van der Waals surface area contributed by atoms with Crippen molar-refractivity contribution in [3.05, 3.63) is 114 Å². The van der Waals surface area contributed by atoms with Gasteiger partial charge in [0.1, 0.15) is 23.0 Å². The highest BCUT2D eigenvalue weighted by molar-refractivity contribution is 6.09. The van der Waals surface area contributed by atoms with Crippen molar-refractivity contribution in [1.29, 1.82) is 0 Å². The van der Waals surface area contributed by atoms with E-state index in [1.54, 1.807) is 60.7 Å². The number of carbonyl (C=O) groups is 1. The van der Waals surface area contributed by atoms with Crippen molar-refractivity contribution in [2.75, 3.05) is 5.73 Å². The predicted octanol–water partition coefficient (Wildman–Crippen LogP) is 6.08. The van der Waals surface area contributed by atoms with Crippen molar-refractivity contribution in [2.45, 2.75) is 0 Å². The van der Waals surface area contributed by atoms with Crippen molar-refractivity contribution in [1.82, 2.24) is 0 Å². The molecule has 0 radical (unpaired) electrons. The van der Waals surface area contributed by atoms with Gasteiger partial charge in [-0.15, -0.1) is 0 Å². The third-order valence-corrected chi connectivity index (χ3v) is 4.31. The van der Waals surface area contributed by atoms with Crippen LogP contribution in [0.2, 0.25) is 0 Å². The third kappa shape index (κ3) is 4.62. The number of rotatable bonds is 6.